The number of anilines is 1. The van der Waals surface area contributed by atoms with Crippen molar-refractivity contribution in [2.75, 3.05) is 24.7 Å². The molecular weight excluding hydrogens is 409 g/mol. The number of rotatable bonds is 8. The number of nitrogens with zero attached hydrogens (tertiary/aromatic N) is 2. The normalized spacial score (nSPS) is 10.5. The number of aromatic amines is 1. The highest BCUT2D eigenvalue weighted by atomic mass is 32.2. The summed E-state index contributed by atoms with van der Waals surface area (Å²) in [6.07, 6.45) is 0. The van der Waals surface area contributed by atoms with Crippen LogP contribution in [0.2, 0.25) is 0 Å². The Morgan fingerprint density at radius 1 is 1.20 bits per heavy atom. The van der Waals surface area contributed by atoms with Gasteiger partial charge in [0.2, 0.25) is 17.0 Å². The number of H-pyrrole nitrogens is 1. The van der Waals surface area contributed by atoms with Gasteiger partial charge in [-0.1, -0.05) is 30.0 Å². The Labute approximate surface area is 176 Å². The van der Waals surface area contributed by atoms with Crippen LogP contribution < -0.4 is 15.4 Å². The predicted molar refractivity (Wildman–Crippen MR) is 112 cm³/mol. The lowest BCUT2D eigenvalue weighted by atomic mass is 10.2. The van der Waals surface area contributed by atoms with E-state index in [1.807, 2.05) is 13.0 Å². The number of halogens is 1. The number of hydrogen-bond donors (Lipinski definition) is 3. The maximum Gasteiger partial charge on any atom is 0.243 e. The van der Waals surface area contributed by atoms with Gasteiger partial charge >= 0.3 is 0 Å². The summed E-state index contributed by atoms with van der Waals surface area (Å²) in [5.41, 5.74) is 1.80. The standard InChI is InChI=1S/C20H20FN5O3S/c1-12-7-8-16(29-2)15(9-12)23-17(27)10-22-18(28)11-30-20-24-19(25-26-20)13-5-3-4-6-14(13)21/h3-9H,10-11H2,1-2H3,(H,22,28)(H,23,27)(H,24,25,26). The van der Waals surface area contributed by atoms with Crippen molar-refractivity contribution in [1.29, 1.82) is 0 Å². The monoisotopic (exact) mass is 429 g/mol. The van der Waals surface area contributed by atoms with Crippen LogP contribution in [0.1, 0.15) is 5.56 Å². The van der Waals surface area contributed by atoms with E-state index in [4.69, 9.17) is 4.74 Å². The molecule has 1 heterocycles. The molecule has 0 aliphatic heterocycles. The van der Waals surface area contributed by atoms with Gasteiger partial charge in [-0.2, -0.15) is 0 Å². The number of methoxy groups -OCH3 is 1. The summed E-state index contributed by atoms with van der Waals surface area (Å²) in [5.74, 6) is -0.330. The maximum absolute atomic E-state index is 13.8. The molecule has 0 aliphatic rings. The van der Waals surface area contributed by atoms with Gasteiger partial charge in [-0.25, -0.2) is 9.37 Å². The number of nitrogens with one attached hydrogen (secondary N) is 3. The van der Waals surface area contributed by atoms with Crippen LogP contribution in [0.4, 0.5) is 10.1 Å². The quantitative estimate of drug-likeness (QED) is 0.475. The Morgan fingerprint density at radius 2 is 2.00 bits per heavy atom. The lowest BCUT2D eigenvalue weighted by molar-refractivity contribution is -0.122. The fourth-order valence-corrected chi connectivity index (χ4v) is 3.19. The molecule has 0 spiro atoms. The van der Waals surface area contributed by atoms with Gasteiger partial charge in [-0.3, -0.25) is 14.7 Å². The summed E-state index contributed by atoms with van der Waals surface area (Å²) < 4.78 is 19.0. The number of thioether (sulfide) groups is 1. The van der Waals surface area contributed by atoms with Crippen LogP contribution in [0, 0.1) is 12.7 Å². The molecule has 8 nitrogen and oxygen atoms in total. The molecule has 156 valence electrons. The van der Waals surface area contributed by atoms with Gasteiger partial charge in [0.25, 0.3) is 0 Å². The highest BCUT2D eigenvalue weighted by Crippen LogP contribution is 2.25. The fraction of sp³-hybridized carbons (Fsp3) is 0.200. The zero-order valence-corrected chi connectivity index (χ0v) is 17.2. The Morgan fingerprint density at radius 3 is 2.77 bits per heavy atom. The second-order valence-corrected chi connectivity index (χ2v) is 7.21. The second-order valence-electron chi connectivity index (χ2n) is 6.26. The van der Waals surface area contributed by atoms with E-state index in [0.717, 1.165) is 17.3 Å². The van der Waals surface area contributed by atoms with E-state index >= 15 is 0 Å². The number of carbonyl (C=O) groups is 2. The van der Waals surface area contributed by atoms with Crippen LogP contribution in [0.15, 0.2) is 47.6 Å². The first-order valence-corrected chi connectivity index (χ1v) is 9.96. The maximum atomic E-state index is 13.8. The Bertz CT molecular complexity index is 1060. The average molecular weight is 429 g/mol. The molecule has 3 N–H and O–H groups in total. The first-order chi connectivity index (χ1) is 14.5. The first kappa shape index (κ1) is 21.3. The lowest BCUT2D eigenvalue weighted by Crippen LogP contribution is -2.34. The van der Waals surface area contributed by atoms with E-state index in [9.17, 15) is 14.0 Å². The van der Waals surface area contributed by atoms with Crippen LogP contribution >= 0.6 is 11.8 Å². The molecule has 3 rings (SSSR count). The number of aryl methyl sites for hydroxylation is 1. The van der Waals surface area contributed by atoms with E-state index in [1.165, 1.54) is 13.2 Å². The van der Waals surface area contributed by atoms with E-state index in [0.29, 0.717) is 22.2 Å². The number of amides is 2. The van der Waals surface area contributed by atoms with Crippen LogP contribution in [0.5, 0.6) is 5.75 Å². The minimum atomic E-state index is -0.417. The summed E-state index contributed by atoms with van der Waals surface area (Å²) in [6.45, 7) is 1.71. The molecule has 0 saturated heterocycles. The minimum absolute atomic E-state index is 0.00954. The van der Waals surface area contributed by atoms with Crippen molar-refractivity contribution < 1.29 is 18.7 Å². The molecule has 2 aromatic carbocycles. The molecule has 10 heteroatoms. The van der Waals surface area contributed by atoms with E-state index in [-0.39, 0.29) is 29.9 Å². The smallest absolute Gasteiger partial charge is 0.243 e. The van der Waals surface area contributed by atoms with Crippen LogP contribution in [0.25, 0.3) is 11.4 Å². The average Bonchev–Trinajstić information content (AvgIpc) is 3.20. The number of benzene rings is 2. The molecule has 0 saturated carbocycles. The van der Waals surface area contributed by atoms with E-state index in [1.54, 1.807) is 30.3 Å². The highest BCUT2D eigenvalue weighted by molar-refractivity contribution is 7.99. The fourth-order valence-electron chi connectivity index (χ4n) is 2.56. The topological polar surface area (TPSA) is 109 Å². The number of hydrogen-bond acceptors (Lipinski definition) is 6. The molecule has 1 aromatic heterocycles. The molecule has 0 bridgehead atoms. The lowest BCUT2D eigenvalue weighted by Gasteiger charge is -2.11. The van der Waals surface area contributed by atoms with Crippen LogP contribution in [0.3, 0.4) is 0 Å². The molecule has 0 atom stereocenters. The third-order valence-corrected chi connectivity index (χ3v) is 4.85. The first-order valence-electron chi connectivity index (χ1n) is 8.97. The molecule has 30 heavy (non-hydrogen) atoms. The SMILES string of the molecule is COc1ccc(C)cc1NC(=O)CNC(=O)CSc1n[nH]c(-c2ccccc2F)n1. The Hall–Kier alpha value is -3.40. The summed E-state index contributed by atoms with van der Waals surface area (Å²) >= 11 is 1.07. The molecular formula is C20H20FN5O3S. The van der Waals surface area contributed by atoms with Crippen molar-refractivity contribution in [2.45, 2.75) is 12.1 Å². The third kappa shape index (κ3) is 5.57. The van der Waals surface area contributed by atoms with Crippen molar-refractivity contribution in [3.8, 4) is 17.1 Å². The summed E-state index contributed by atoms with van der Waals surface area (Å²) in [6, 6.07) is 11.6. The van der Waals surface area contributed by atoms with Gasteiger partial charge < -0.3 is 15.4 Å². The van der Waals surface area contributed by atoms with Gasteiger partial charge in [0, 0.05) is 0 Å². The molecule has 3 aromatic rings. The largest absolute Gasteiger partial charge is 0.495 e. The Balaban J connectivity index is 1.47. The van der Waals surface area contributed by atoms with Crippen molar-refractivity contribution in [1.82, 2.24) is 20.5 Å². The number of ether oxygens (including phenoxy) is 1. The molecule has 0 aliphatic carbocycles. The number of carbonyl (C=O) groups excluding carboxylic acids is 2. The summed E-state index contributed by atoms with van der Waals surface area (Å²) in [5, 5.41) is 12.2. The van der Waals surface area contributed by atoms with E-state index < -0.39 is 5.82 Å². The highest BCUT2D eigenvalue weighted by Gasteiger charge is 2.13. The summed E-state index contributed by atoms with van der Waals surface area (Å²) in [4.78, 5) is 28.3. The number of aromatic nitrogens is 3. The van der Waals surface area contributed by atoms with Gasteiger partial charge in [-0.05, 0) is 36.8 Å². The van der Waals surface area contributed by atoms with Gasteiger partial charge in [-0.15, -0.1) is 5.10 Å². The van der Waals surface area contributed by atoms with Gasteiger partial charge in [0.15, 0.2) is 5.82 Å². The zero-order valence-electron chi connectivity index (χ0n) is 16.4. The molecule has 0 unspecified atom stereocenters. The van der Waals surface area contributed by atoms with Crippen molar-refractivity contribution in [3.05, 3.63) is 53.8 Å². The zero-order chi connectivity index (χ0) is 21.5. The van der Waals surface area contributed by atoms with E-state index in [2.05, 4.69) is 25.8 Å². The summed E-state index contributed by atoms with van der Waals surface area (Å²) in [7, 11) is 1.51. The van der Waals surface area contributed by atoms with Crippen LogP contribution in [-0.4, -0.2) is 46.4 Å². The second kappa shape index (κ2) is 9.88. The molecule has 0 radical (unpaired) electrons. The van der Waals surface area contributed by atoms with Gasteiger partial charge in [0.1, 0.15) is 11.6 Å². The van der Waals surface area contributed by atoms with Crippen molar-refractivity contribution in [3.63, 3.8) is 0 Å². The molecule has 0 fully saturated rings. The predicted octanol–water partition coefficient (Wildman–Crippen LogP) is 2.77. The minimum Gasteiger partial charge on any atom is -0.495 e. The van der Waals surface area contributed by atoms with Gasteiger partial charge in [0.05, 0.1) is 30.7 Å². The van der Waals surface area contributed by atoms with Crippen molar-refractivity contribution in [2.24, 2.45) is 0 Å². The Kier molecular flexibility index (Phi) is 7.02. The van der Waals surface area contributed by atoms with Crippen LogP contribution in [-0.2, 0) is 9.59 Å². The molecule has 2 amide bonds. The van der Waals surface area contributed by atoms with Crippen molar-refractivity contribution >= 4 is 29.3 Å². The third-order valence-electron chi connectivity index (χ3n) is 4.00.